The average Bonchev–Trinajstić information content (AvgIpc) is 3.09. The van der Waals surface area contributed by atoms with E-state index >= 15 is 0 Å². The molecule has 1 aliphatic rings. The van der Waals surface area contributed by atoms with Gasteiger partial charge in [-0.2, -0.15) is 0 Å². The first-order valence-electron chi connectivity index (χ1n) is 7.06. The summed E-state index contributed by atoms with van der Waals surface area (Å²) in [5.41, 5.74) is 1.29. The molecule has 0 amide bonds. The maximum atomic E-state index is 4.26. The fourth-order valence-electron chi connectivity index (χ4n) is 2.69. The maximum Gasteiger partial charge on any atom is 0.133 e. The molecule has 2 aromatic rings. The summed E-state index contributed by atoms with van der Waals surface area (Å²) in [6.45, 7) is 2.03. The molecule has 0 bridgehead atoms. The van der Waals surface area contributed by atoms with E-state index < -0.39 is 0 Å². The van der Waals surface area contributed by atoms with E-state index in [0.29, 0.717) is 6.04 Å². The summed E-state index contributed by atoms with van der Waals surface area (Å²) < 4.78 is 2.16. The number of nitrogens with one attached hydrogen (secondary N) is 1. The summed E-state index contributed by atoms with van der Waals surface area (Å²) in [7, 11) is 0. The van der Waals surface area contributed by atoms with Crippen LogP contribution in [0.3, 0.4) is 0 Å². The van der Waals surface area contributed by atoms with Gasteiger partial charge >= 0.3 is 0 Å². The van der Waals surface area contributed by atoms with Crippen molar-refractivity contribution in [2.75, 3.05) is 6.54 Å². The number of rotatable bonds is 5. The second-order valence-corrected chi connectivity index (χ2v) is 5.19. The van der Waals surface area contributed by atoms with Crippen molar-refractivity contribution >= 4 is 0 Å². The predicted octanol–water partition coefficient (Wildman–Crippen LogP) is 2.01. The number of hydrogen-bond acceptors (Lipinski definition) is 3. The highest BCUT2D eigenvalue weighted by Crippen LogP contribution is 2.12. The van der Waals surface area contributed by atoms with Gasteiger partial charge in [0.1, 0.15) is 12.2 Å². The van der Waals surface area contributed by atoms with Gasteiger partial charge in [-0.15, -0.1) is 10.2 Å². The number of aryl methyl sites for hydroxylation is 1. The van der Waals surface area contributed by atoms with Crippen LogP contribution in [-0.4, -0.2) is 27.4 Å². The van der Waals surface area contributed by atoms with Crippen LogP contribution in [0.15, 0.2) is 36.7 Å². The van der Waals surface area contributed by atoms with Crippen LogP contribution in [0.1, 0.15) is 30.7 Å². The number of aromatic nitrogens is 3. The Balaban J connectivity index is 1.61. The highest BCUT2D eigenvalue weighted by Gasteiger charge is 2.15. The Kier molecular flexibility index (Phi) is 3.89. The van der Waals surface area contributed by atoms with Gasteiger partial charge in [-0.05, 0) is 31.4 Å². The van der Waals surface area contributed by atoms with E-state index in [-0.39, 0.29) is 0 Å². The molecule has 3 rings (SSSR count). The van der Waals surface area contributed by atoms with Gasteiger partial charge in [-0.25, -0.2) is 0 Å². The van der Waals surface area contributed by atoms with E-state index in [0.717, 1.165) is 25.2 Å². The molecule has 1 atom stereocenters. The third kappa shape index (κ3) is 3.20. The lowest BCUT2D eigenvalue weighted by atomic mass is 10.1. The van der Waals surface area contributed by atoms with E-state index in [1.54, 1.807) is 0 Å². The van der Waals surface area contributed by atoms with Crippen LogP contribution in [0.2, 0.25) is 0 Å². The molecule has 19 heavy (non-hydrogen) atoms. The predicted molar refractivity (Wildman–Crippen MR) is 74.9 cm³/mol. The summed E-state index contributed by atoms with van der Waals surface area (Å²) in [5, 5.41) is 11.8. The molecule has 1 aliphatic heterocycles. The summed E-state index contributed by atoms with van der Waals surface area (Å²) in [6, 6.07) is 11.1. The molecule has 2 heterocycles. The first-order valence-corrected chi connectivity index (χ1v) is 7.06. The Bertz CT molecular complexity index is 500. The van der Waals surface area contributed by atoms with Crippen LogP contribution in [0.5, 0.6) is 0 Å². The Labute approximate surface area is 113 Å². The third-order valence-electron chi connectivity index (χ3n) is 3.77. The average molecular weight is 256 g/mol. The number of benzene rings is 1. The number of hydrogen-bond donors (Lipinski definition) is 1. The van der Waals surface area contributed by atoms with Gasteiger partial charge in [0.25, 0.3) is 0 Å². The molecule has 0 spiro atoms. The molecule has 1 unspecified atom stereocenters. The summed E-state index contributed by atoms with van der Waals surface area (Å²) >= 11 is 0. The molecule has 0 saturated carbocycles. The monoisotopic (exact) mass is 256 g/mol. The fourth-order valence-corrected chi connectivity index (χ4v) is 2.69. The van der Waals surface area contributed by atoms with Gasteiger partial charge in [-0.3, -0.25) is 0 Å². The molecule has 1 aromatic heterocycles. The van der Waals surface area contributed by atoms with Gasteiger partial charge in [0.05, 0.1) is 6.54 Å². The molecular formula is C15H20N4. The van der Waals surface area contributed by atoms with Crippen molar-refractivity contribution in [3.63, 3.8) is 0 Å². The first-order chi connectivity index (χ1) is 9.42. The second-order valence-electron chi connectivity index (χ2n) is 5.19. The molecule has 1 saturated heterocycles. The summed E-state index contributed by atoms with van der Waals surface area (Å²) in [5.74, 6) is 1.09. The largest absolute Gasteiger partial charge is 0.314 e. The Morgan fingerprint density at radius 3 is 2.95 bits per heavy atom. The van der Waals surface area contributed by atoms with Crippen LogP contribution < -0.4 is 5.32 Å². The lowest BCUT2D eigenvalue weighted by Crippen LogP contribution is -2.22. The van der Waals surface area contributed by atoms with Crippen molar-refractivity contribution in [3.05, 3.63) is 48.0 Å². The quantitative estimate of drug-likeness (QED) is 0.890. The van der Waals surface area contributed by atoms with E-state index in [9.17, 15) is 0 Å². The molecule has 1 fully saturated rings. The van der Waals surface area contributed by atoms with Crippen molar-refractivity contribution in [3.8, 4) is 0 Å². The second kappa shape index (κ2) is 5.97. The third-order valence-corrected chi connectivity index (χ3v) is 3.77. The molecule has 0 radical (unpaired) electrons. The Morgan fingerprint density at radius 2 is 2.16 bits per heavy atom. The highest BCUT2D eigenvalue weighted by molar-refractivity contribution is 5.15. The topological polar surface area (TPSA) is 42.7 Å². The van der Waals surface area contributed by atoms with Gasteiger partial charge < -0.3 is 9.88 Å². The zero-order chi connectivity index (χ0) is 12.9. The van der Waals surface area contributed by atoms with E-state index in [1.165, 1.54) is 24.9 Å². The minimum Gasteiger partial charge on any atom is -0.314 e. The Morgan fingerprint density at radius 1 is 1.26 bits per heavy atom. The molecule has 100 valence electrons. The van der Waals surface area contributed by atoms with Crippen LogP contribution >= 0.6 is 0 Å². The normalized spacial score (nSPS) is 18.8. The molecule has 4 heteroatoms. The standard InChI is InChI=1S/C15H20N4/c1-2-5-13(6-3-1)11-19-12-17-18-15(19)9-8-14-7-4-10-16-14/h1-3,5-6,12,14,16H,4,7-11H2. The van der Waals surface area contributed by atoms with E-state index in [1.807, 2.05) is 12.4 Å². The Hall–Kier alpha value is -1.68. The maximum absolute atomic E-state index is 4.26. The van der Waals surface area contributed by atoms with Gasteiger partial charge in [-0.1, -0.05) is 30.3 Å². The summed E-state index contributed by atoms with van der Waals surface area (Å²) in [4.78, 5) is 0. The zero-order valence-corrected chi connectivity index (χ0v) is 11.1. The molecule has 4 nitrogen and oxygen atoms in total. The highest BCUT2D eigenvalue weighted by atomic mass is 15.3. The zero-order valence-electron chi connectivity index (χ0n) is 11.1. The van der Waals surface area contributed by atoms with Gasteiger partial charge in [0, 0.05) is 12.5 Å². The van der Waals surface area contributed by atoms with Gasteiger partial charge in [0.15, 0.2) is 0 Å². The first kappa shape index (κ1) is 12.4. The van der Waals surface area contributed by atoms with Crippen LogP contribution in [0, 0.1) is 0 Å². The van der Waals surface area contributed by atoms with Crippen molar-refractivity contribution in [1.82, 2.24) is 20.1 Å². The molecule has 1 N–H and O–H groups in total. The van der Waals surface area contributed by atoms with E-state index in [2.05, 4.69) is 44.3 Å². The SMILES string of the molecule is c1ccc(Cn2cnnc2CCC2CCCN2)cc1. The van der Waals surface area contributed by atoms with E-state index in [4.69, 9.17) is 0 Å². The molecule has 0 aliphatic carbocycles. The minimum absolute atomic E-state index is 0.668. The summed E-state index contributed by atoms with van der Waals surface area (Å²) in [6.07, 6.45) is 6.61. The van der Waals surface area contributed by atoms with Crippen LogP contribution in [0.25, 0.3) is 0 Å². The van der Waals surface area contributed by atoms with Crippen LogP contribution in [-0.2, 0) is 13.0 Å². The van der Waals surface area contributed by atoms with Gasteiger partial charge in [0.2, 0.25) is 0 Å². The number of nitrogens with zero attached hydrogens (tertiary/aromatic N) is 3. The van der Waals surface area contributed by atoms with Crippen LogP contribution in [0.4, 0.5) is 0 Å². The minimum atomic E-state index is 0.668. The van der Waals surface area contributed by atoms with Crippen molar-refractivity contribution < 1.29 is 0 Å². The van der Waals surface area contributed by atoms with Crippen molar-refractivity contribution in [1.29, 1.82) is 0 Å². The van der Waals surface area contributed by atoms with Crippen molar-refractivity contribution in [2.24, 2.45) is 0 Å². The lowest BCUT2D eigenvalue weighted by Gasteiger charge is -2.10. The molecular weight excluding hydrogens is 236 g/mol. The molecule has 1 aromatic carbocycles. The smallest absolute Gasteiger partial charge is 0.133 e. The van der Waals surface area contributed by atoms with Crippen molar-refractivity contribution in [2.45, 2.75) is 38.3 Å². The lowest BCUT2D eigenvalue weighted by molar-refractivity contribution is 0.541. The fraction of sp³-hybridized carbons (Fsp3) is 0.467.